The van der Waals surface area contributed by atoms with E-state index >= 15 is 0 Å². The van der Waals surface area contributed by atoms with Crippen LogP contribution in [0.5, 0.6) is 0 Å². The molecule has 170 valence electrons. The first-order valence-electron chi connectivity index (χ1n) is 20.4. The van der Waals surface area contributed by atoms with Crippen molar-refractivity contribution in [3.8, 4) is 0 Å². The molecular formula is C41H6. The third-order valence-electron chi connectivity index (χ3n) is 41.2. The van der Waals surface area contributed by atoms with E-state index in [0.717, 1.165) is 0 Å². The lowest BCUT2D eigenvalue weighted by Crippen LogP contribution is -2.23. The molecule has 39 saturated carbocycles. The van der Waals surface area contributed by atoms with Gasteiger partial charge < -0.3 is 0 Å². The van der Waals surface area contributed by atoms with Crippen LogP contribution in [0.2, 0.25) is 0 Å². The second-order valence-electron chi connectivity index (χ2n) is 29.8. The van der Waals surface area contributed by atoms with E-state index in [4.69, 9.17) is 0 Å². The normalized spacial score (nSPS) is 180. The Labute approximate surface area is 224 Å². The van der Waals surface area contributed by atoms with Crippen LogP contribution in [-0.2, 0) is 0 Å². The average molecular weight is 498 g/mol. The fourth-order valence-corrected chi connectivity index (χ4v) is 50.5. The van der Waals surface area contributed by atoms with E-state index in [0.29, 0.717) is 0 Å². The summed E-state index contributed by atoms with van der Waals surface area (Å²) in [7, 11) is 0. The zero-order valence-electron chi connectivity index (χ0n) is 21.1. The Morgan fingerprint density at radius 1 is 0.195 bits per heavy atom. The highest BCUT2D eigenvalue weighted by Gasteiger charge is 4.00. The van der Waals surface area contributed by atoms with Crippen LogP contribution in [-0.4, -0.2) is 0 Å². The molecule has 39 fully saturated rings. The summed E-state index contributed by atoms with van der Waals surface area (Å²) in [5.74, 6) is 2.78. The topological polar surface area (TPSA) is 0 Å². The predicted octanol–water partition coefficient (Wildman–Crippen LogP) is 1.03. The zero-order chi connectivity index (χ0) is 21.1. The van der Waals surface area contributed by atoms with Gasteiger partial charge >= 0.3 is 0 Å². The molecular weight excluding hydrogens is 492 g/mol. The smallest absolute Gasteiger partial charge is 0 e. The number of rotatable bonds is 0. The fraction of sp³-hybridized carbons (Fsp3) is 1.00. The molecule has 41 heavy (non-hydrogen) atoms. The Balaban J connectivity index is 0.568. The van der Waals surface area contributed by atoms with Gasteiger partial charge in [-0.2, -0.15) is 0 Å². The van der Waals surface area contributed by atoms with E-state index in [-0.39, 0.29) is 0 Å². The van der Waals surface area contributed by atoms with Gasteiger partial charge in [0.25, 0.3) is 0 Å². The second-order valence-corrected chi connectivity index (χ2v) is 29.8. The van der Waals surface area contributed by atoms with Crippen LogP contribution in [0.25, 0.3) is 0 Å². The molecule has 37 spiro atoms. The molecule has 0 aromatic rings. The summed E-state index contributed by atoms with van der Waals surface area (Å²) >= 11 is 0. The van der Waals surface area contributed by atoms with Gasteiger partial charge in [0.2, 0.25) is 0 Å². The molecule has 38 unspecified atom stereocenters. The molecule has 0 heterocycles. The fourth-order valence-electron chi connectivity index (χ4n) is 50.5. The molecule has 39 rings (SSSR count). The van der Waals surface area contributed by atoms with E-state index < -0.39 is 0 Å². The summed E-state index contributed by atoms with van der Waals surface area (Å²) < 4.78 is 0. The van der Waals surface area contributed by atoms with Crippen LogP contribution in [0.1, 0.15) is 12.8 Å². The van der Waals surface area contributed by atoms with Gasteiger partial charge in [-0.05, 0) is 209 Å². The Kier molecular flexibility index (Phi) is 0.295. The van der Waals surface area contributed by atoms with E-state index in [1.54, 1.807) is 12.8 Å². The minimum Gasteiger partial charge on any atom is -0.0421 e. The monoisotopic (exact) mass is 498 g/mol. The minimum absolute atomic E-state index is 1.17. The summed E-state index contributed by atoms with van der Waals surface area (Å²) in [5, 5.41) is 0. The van der Waals surface area contributed by atoms with Gasteiger partial charge in [0, 0.05) is 16.2 Å². The Morgan fingerprint density at radius 2 is 0.366 bits per heavy atom. The van der Waals surface area contributed by atoms with Crippen molar-refractivity contribution >= 4 is 0 Å². The maximum absolute atomic E-state index is 1.78. The lowest BCUT2D eigenvalue weighted by atomic mass is 9.78. The average Bonchev–Trinajstić information content (AvgIpc) is 3.61. The highest BCUT2D eigenvalue weighted by Crippen LogP contribution is 4.00. The summed E-state index contributed by atoms with van der Waals surface area (Å²) in [4.78, 5) is 0. The van der Waals surface area contributed by atoms with Gasteiger partial charge in [-0.1, -0.05) is 0 Å². The van der Waals surface area contributed by atoms with Crippen molar-refractivity contribution in [2.75, 3.05) is 0 Å². The largest absolute Gasteiger partial charge is 0.0421 e. The first-order valence-corrected chi connectivity index (χ1v) is 20.4. The lowest BCUT2D eigenvalue weighted by molar-refractivity contribution is 0.204. The third-order valence-corrected chi connectivity index (χ3v) is 41.2. The molecule has 0 aliphatic heterocycles. The summed E-state index contributed by atoms with van der Waals surface area (Å²) in [6.45, 7) is 0. The molecule has 0 nitrogen and oxygen atoms in total. The van der Waals surface area contributed by atoms with Gasteiger partial charge in [-0.3, -0.25) is 0 Å². The Bertz CT molecular complexity index is 3380. The molecule has 0 bridgehead atoms. The maximum atomic E-state index is 1.78. The van der Waals surface area contributed by atoms with E-state index in [1.807, 2.05) is 0 Å². The standard InChI is InChI=1S/C41H6/c1-3-5(1)7(3)9(5)11(7)13(9)15(11)17(13)19(15)21(17)23(19)25(21)27(23)29(25)31(27)33(29)35(31)37(33)39(35)40-36-32-28-24-20-16-12-8-4-2-6(4,8)10(8,12)14(12,16)18(16,20)22(20,24)26(24,28)30(28,32)34(32,36)38(36,40)41(37,39)40/h3-4H,1-2H2. The van der Waals surface area contributed by atoms with Gasteiger partial charge in [0.15, 0.2) is 0 Å². The molecule has 0 aromatic carbocycles. The molecule has 0 N–H and O–H groups in total. The first-order chi connectivity index (χ1) is 20.4. The first kappa shape index (κ1) is 10.5. The molecule has 39 aliphatic carbocycles. The summed E-state index contributed by atoms with van der Waals surface area (Å²) in [5.41, 5.74) is 45.6. The molecule has 0 amide bonds. The van der Waals surface area contributed by atoms with Crippen molar-refractivity contribution in [2.45, 2.75) is 12.8 Å². The molecule has 39 aliphatic rings. The van der Waals surface area contributed by atoms with Gasteiger partial charge in [-0.25, -0.2) is 0 Å². The van der Waals surface area contributed by atoms with Gasteiger partial charge in [0.1, 0.15) is 0 Å². The molecule has 0 aromatic heterocycles. The minimum atomic E-state index is 1.17. The van der Waals surface area contributed by atoms with Crippen LogP contribution < -0.4 is 0 Å². The molecule has 0 radical (unpaired) electrons. The number of hydrogen-bond donors (Lipinski definition) is 0. The Hall–Kier alpha value is 0. The Morgan fingerprint density at radius 3 is 0.537 bits per heavy atom. The van der Waals surface area contributed by atoms with Crippen LogP contribution in [0.15, 0.2) is 0 Å². The zero-order valence-corrected chi connectivity index (χ0v) is 21.1. The quantitative estimate of drug-likeness (QED) is 0.468. The summed E-state index contributed by atoms with van der Waals surface area (Å²) in [6, 6.07) is 0. The van der Waals surface area contributed by atoms with Crippen LogP contribution >= 0.6 is 0 Å². The van der Waals surface area contributed by atoms with Crippen molar-refractivity contribution < 1.29 is 0 Å². The second kappa shape index (κ2) is 1.15. The highest BCUT2D eigenvalue weighted by atomic mass is 16.0. The van der Waals surface area contributed by atoms with Gasteiger partial charge in [0.05, 0.1) is 0 Å². The third kappa shape index (κ3) is 0.163. The maximum Gasteiger partial charge on any atom is 0 e. The SMILES string of the molecule is C1C2C13C21C32C13C21C32C13C21C32C13C21C32C13C21C32C13C21C32C34C56C78C9%10C%11%12C%13%14C%15%16C%17%18C%19%20C%21CC%21%19C%20%17C%18%15C%16%13C%14%11C%129C%107C85C63C124. The lowest BCUT2D eigenvalue weighted by Gasteiger charge is -2.23. The van der Waals surface area contributed by atoms with E-state index in [1.165, 1.54) is 212 Å². The van der Waals surface area contributed by atoms with E-state index in [9.17, 15) is 0 Å². The van der Waals surface area contributed by atoms with Gasteiger partial charge in [-0.15, -0.1) is 0 Å². The molecule has 0 saturated heterocycles. The van der Waals surface area contributed by atoms with E-state index in [2.05, 4.69) is 0 Å². The van der Waals surface area contributed by atoms with Crippen LogP contribution in [0.4, 0.5) is 0 Å². The van der Waals surface area contributed by atoms with Crippen LogP contribution in [0, 0.1) is 212 Å². The van der Waals surface area contributed by atoms with Crippen molar-refractivity contribution in [1.29, 1.82) is 0 Å². The van der Waals surface area contributed by atoms with Crippen molar-refractivity contribution in [1.82, 2.24) is 0 Å². The van der Waals surface area contributed by atoms with Crippen molar-refractivity contribution in [3.05, 3.63) is 0 Å². The van der Waals surface area contributed by atoms with Crippen LogP contribution in [0.3, 0.4) is 0 Å². The van der Waals surface area contributed by atoms with Crippen molar-refractivity contribution in [3.63, 3.8) is 0 Å². The highest BCUT2D eigenvalue weighted by molar-refractivity contribution is 6.44. The summed E-state index contributed by atoms with van der Waals surface area (Å²) in [6.07, 6.45) is 3.56. The predicted molar refractivity (Wildman–Crippen MR) is 106 cm³/mol. The number of hydrogen-bond acceptors (Lipinski definition) is 0. The molecule has 38 atom stereocenters. The molecule has 0 heteroatoms. The van der Waals surface area contributed by atoms with Crippen molar-refractivity contribution in [2.24, 2.45) is 212 Å².